The maximum atomic E-state index is 13.0. The van der Waals surface area contributed by atoms with Gasteiger partial charge >= 0.3 is 5.97 Å². The normalized spacial score (nSPS) is 19.3. The van der Waals surface area contributed by atoms with Gasteiger partial charge in [-0.3, -0.25) is 9.59 Å². The number of hydrogen-bond acceptors (Lipinski definition) is 6. The highest BCUT2D eigenvalue weighted by Crippen LogP contribution is 2.42. The van der Waals surface area contributed by atoms with Crippen LogP contribution in [0.4, 0.5) is 5.00 Å². The van der Waals surface area contributed by atoms with Crippen LogP contribution in [0.25, 0.3) is 0 Å². The molecule has 0 aromatic carbocycles. The third-order valence-corrected chi connectivity index (χ3v) is 6.49. The molecule has 5 nitrogen and oxygen atoms in total. The molecule has 0 saturated carbocycles. The Kier molecular flexibility index (Phi) is 5.50. The van der Waals surface area contributed by atoms with E-state index in [1.807, 2.05) is 0 Å². The second kappa shape index (κ2) is 7.61. The van der Waals surface area contributed by atoms with Crippen molar-refractivity contribution in [2.45, 2.75) is 38.1 Å². The van der Waals surface area contributed by atoms with E-state index in [-0.39, 0.29) is 23.1 Å². The van der Waals surface area contributed by atoms with Crippen LogP contribution in [-0.2, 0) is 22.4 Å². The summed E-state index contributed by atoms with van der Waals surface area (Å²) < 4.78 is 4.98. The maximum Gasteiger partial charge on any atom is 0.316 e. The largest absolute Gasteiger partial charge is 0.465 e. The zero-order chi connectivity index (χ0) is 17.1. The minimum absolute atomic E-state index is 0.0457. The monoisotopic (exact) mass is 366 g/mol. The summed E-state index contributed by atoms with van der Waals surface area (Å²) in [5.74, 6) is 0.00308. The molecule has 0 spiro atoms. The van der Waals surface area contributed by atoms with Crippen LogP contribution in [-0.4, -0.2) is 41.2 Å². The summed E-state index contributed by atoms with van der Waals surface area (Å²) in [6, 6.07) is 0. The zero-order valence-corrected chi connectivity index (χ0v) is 15.4. The smallest absolute Gasteiger partial charge is 0.316 e. The van der Waals surface area contributed by atoms with Crippen LogP contribution in [0, 0.1) is 0 Å². The first-order chi connectivity index (χ1) is 11.7. The minimum atomic E-state index is -0.271. The highest BCUT2D eigenvalue weighted by molar-refractivity contribution is 8.00. The Morgan fingerprint density at radius 1 is 1.50 bits per heavy atom. The number of nitrogens with one attached hydrogen (secondary N) is 1. The summed E-state index contributed by atoms with van der Waals surface area (Å²) in [5.41, 5.74) is 1.79. The number of carbonyl (C=O) groups is 2. The van der Waals surface area contributed by atoms with E-state index in [1.165, 1.54) is 28.6 Å². The van der Waals surface area contributed by atoms with E-state index in [4.69, 9.17) is 4.74 Å². The first-order valence-corrected chi connectivity index (χ1v) is 10.1. The lowest BCUT2D eigenvalue weighted by Crippen LogP contribution is -2.47. The molecule has 0 fully saturated rings. The number of aryl methyl sites for hydroxylation is 1. The van der Waals surface area contributed by atoms with Gasteiger partial charge in [-0.15, -0.1) is 29.7 Å². The molecule has 3 rings (SSSR count). The van der Waals surface area contributed by atoms with Gasteiger partial charge in [0.25, 0.3) is 5.91 Å². The lowest BCUT2D eigenvalue weighted by Gasteiger charge is -2.35. The number of thioether (sulfide) groups is 1. The molecule has 0 bridgehead atoms. The van der Waals surface area contributed by atoms with Gasteiger partial charge in [0.05, 0.1) is 17.9 Å². The topological polar surface area (TPSA) is 58.6 Å². The molecule has 1 aromatic heterocycles. The van der Waals surface area contributed by atoms with Crippen molar-refractivity contribution < 1.29 is 14.3 Å². The molecule has 0 saturated heterocycles. The van der Waals surface area contributed by atoms with Crippen LogP contribution in [0.1, 0.15) is 40.6 Å². The molecular weight excluding hydrogens is 344 g/mol. The van der Waals surface area contributed by atoms with Crippen LogP contribution in [0.3, 0.4) is 0 Å². The Morgan fingerprint density at radius 3 is 3.04 bits per heavy atom. The summed E-state index contributed by atoms with van der Waals surface area (Å²) in [6.07, 6.45) is 6.10. The molecule has 24 heavy (non-hydrogen) atoms. The Bertz CT molecular complexity index is 657. The van der Waals surface area contributed by atoms with E-state index in [2.05, 4.69) is 11.9 Å². The molecule has 1 aromatic rings. The molecule has 0 unspecified atom stereocenters. The van der Waals surface area contributed by atoms with E-state index in [1.54, 1.807) is 29.2 Å². The average molecular weight is 367 g/mol. The van der Waals surface area contributed by atoms with Gasteiger partial charge in [0, 0.05) is 11.4 Å². The number of thiophene rings is 1. The molecule has 0 radical (unpaired) electrons. The number of hydrogen-bond donors (Lipinski definition) is 1. The summed E-state index contributed by atoms with van der Waals surface area (Å²) in [7, 11) is 0. The van der Waals surface area contributed by atoms with Crippen molar-refractivity contribution in [3.8, 4) is 0 Å². The SMILES string of the molecule is C=CCN1C(=O)c2c(sc3c2CCCC3)N[C@@H]1SCC(=O)OCC. The predicted molar refractivity (Wildman–Crippen MR) is 98.7 cm³/mol. The first-order valence-electron chi connectivity index (χ1n) is 8.25. The Balaban J connectivity index is 1.83. The van der Waals surface area contributed by atoms with Crippen LogP contribution in [0.5, 0.6) is 0 Å². The second-order valence-electron chi connectivity index (χ2n) is 5.77. The van der Waals surface area contributed by atoms with Crippen LogP contribution in [0.15, 0.2) is 12.7 Å². The average Bonchev–Trinajstić information content (AvgIpc) is 2.94. The van der Waals surface area contributed by atoms with Crippen LogP contribution < -0.4 is 5.32 Å². The fraction of sp³-hybridized carbons (Fsp3) is 0.529. The van der Waals surface area contributed by atoms with Crippen LogP contribution in [0.2, 0.25) is 0 Å². The number of esters is 1. The van der Waals surface area contributed by atoms with Gasteiger partial charge in [0.1, 0.15) is 5.00 Å². The van der Waals surface area contributed by atoms with E-state index in [9.17, 15) is 9.59 Å². The van der Waals surface area contributed by atoms with E-state index in [0.717, 1.165) is 29.8 Å². The molecule has 2 aliphatic rings. The minimum Gasteiger partial charge on any atom is -0.465 e. The molecule has 1 aliphatic heterocycles. The van der Waals surface area contributed by atoms with Crippen molar-refractivity contribution in [1.29, 1.82) is 0 Å². The van der Waals surface area contributed by atoms with E-state index >= 15 is 0 Å². The second-order valence-corrected chi connectivity index (χ2v) is 7.95. The maximum absolute atomic E-state index is 13.0. The summed E-state index contributed by atoms with van der Waals surface area (Å²) in [5, 5.41) is 4.40. The Labute approximate surface area is 150 Å². The first kappa shape index (κ1) is 17.4. The van der Waals surface area contributed by atoms with Crippen molar-refractivity contribution in [2.75, 3.05) is 24.2 Å². The van der Waals surface area contributed by atoms with Gasteiger partial charge in [-0.1, -0.05) is 6.08 Å². The van der Waals surface area contributed by atoms with Crippen molar-refractivity contribution in [2.24, 2.45) is 0 Å². The standard InChI is InChI=1S/C17H22N2O3S2/c1-3-9-19-16(21)14-11-7-5-6-8-12(11)24-15(14)18-17(19)23-10-13(20)22-4-2/h3,17-18H,1,4-10H2,2H3/t17-/m0/s1. The van der Waals surface area contributed by atoms with E-state index < -0.39 is 0 Å². The third kappa shape index (κ3) is 3.32. The van der Waals surface area contributed by atoms with Gasteiger partial charge in [-0.2, -0.15) is 0 Å². The molecule has 1 N–H and O–H groups in total. The quantitative estimate of drug-likeness (QED) is 0.619. The number of rotatable bonds is 6. The van der Waals surface area contributed by atoms with Gasteiger partial charge in [0.2, 0.25) is 0 Å². The van der Waals surface area contributed by atoms with Crippen molar-refractivity contribution in [3.63, 3.8) is 0 Å². The molecule has 1 amide bonds. The van der Waals surface area contributed by atoms with Gasteiger partial charge < -0.3 is 15.0 Å². The van der Waals surface area contributed by atoms with Gasteiger partial charge in [-0.05, 0) is 38.2 Å². The Hall–Kier alpha value is -1.47. The fourth-order valence-corrected chi connectivity index (χ4v) is 5.45. The van der Waals surface area contributed by atoms with Crippen molar-refractivity contribution >= 4 is 40.0 Å². The number of amides is 1. The highest BCUT2D eigenvalue weighted by Gasteiger charge is 2.37. The third-order valence-electron chi connectivity index (χ3n) is 4.17. The van der Waals surface area contributed by atoms with Gasteiger partial charge in [-0.25, -0.2) is 0 Å². The van der Waals surface area contributed by atoms with Crippen molar-refractivity contribution in [1.82, 2.24) is 4.90 Å². The molecule has 7 heteroatoms. The number of anilines is 1. The predicted octanol–water partition coefficient (Wildman–Crippen LogP) is 3.26. The lowest BCUT2D eigenvalue weighted by molar-refractivity contribution is -0.139. The molecule has 2 heterocycles. The zero-order valence-electron chi connectivity index (χ0n) is 13.8. The molecule has 1 atom stereocenters. The van der Waals surface area contributed by atoms with Crippen LogP contribution >= 0.6 is 23.1 Å². The van der Waals surface area contributed by atoms with E-state index in [0.29, 0.717) is 13.2 Å². The number of fused-ring (bicyclic) bond motifs is 3. The number of carbonyl (C=O) groups excluding carboxylic acids is 2. The summed E-state index contributed by atoms with van der Waals surface area (Å²) in [4.78, 5) is 27.8. The molecular formula is C17H22N2O3S2. The lowest BCUT2D eigenvalue weighted by atomic mass is 9.94. The summed E-state index contributed by atoms with van der Waals surface area (Å²) >= 11 is 3.08. The number of nitrogens with zero attached hydrogens (tertiary/aromatic N) is 1. The van der Waals surface area contributed by atoms with Crippen molar-refractivity contribution in [3.05, 3.63) is 28.7 Å². The number of ether oxygens (including phenoxy) is 1. The van der Waals surface area contributed by atoms with Gasteiger partial charge in [0.15, 0.2) is 5.50 Å². The highest BCUT2D eigenvalue weighted by atomic mass is 32.2. The fourth-order valence-electron chi connectivity index (χ4n) is 3.13. The molecule has 130 valence electrons. The molecule has 1 aliphatic carbocycles. The Morgan fingerprint density at radius 2 is 2.29 bits per heavy atom. The summed E-state index contributed by atoms with van der Waals surface area (Å²) in [6.45, 7) is 6.37.